The summed E-state index contributed by atoms with van der Waals surface area (Å²) in [5.74, 6) is 0.113. The molecule has 7 N–H and O–H groups in total. The van der Waals surface area contributed by atoms with Gasteiger partial charge >= 0.3 is 23.5 Å². The number of aromatic nitrogens is 4. The molecular formula is C10H16N5O12P3. The van der Waals surface area contributed by atoms with Gasteiger partial charge in [0, 0.05) is 6.42 Å². The van der Waals surface area contributed by atoms with E-state index in [0.29, 0.717) is 5.65 Å². The molecule has 0 spiro atoms. The molecule has 1 aliphatic heterocycles. The van der Waals surface area contributed by atoms with Crippen LogP contribution in [0, 0.1) is 0 Å². The summed E-state index contributed by atoms with van der Waals surface area (Å²) in [5, 5.41) is 10.2. The van der Waals surface area contributed by atoms with Crippen molar-refractivity contribution in [2.45, 2.75) is 24.9 Å². The SMILES string of the molecule is Nc1ncnc2c1ncn2[C@H]1C[C@H](O)[C@@H](COP(=O)(OP(=O)(O)O)OP(=O)(O)O)O1. The average Bonchev–Trinajstić information content (AvgIpc) is 3.13. The molecule has 0 unspecified atom stereocenters. The van der Waals surface area contributed by atoms with Crippen LogP contribution in [0.25, 0.3) is 11.2 Å². The van der Waals surface area contributed by atoms with Gasteiger partial charge in [-0.2, -0.15) is 8.62 Å². The van der Waals surface area contributed by atoms with E-state index in [1.807, 2.05) is 0 Å². The van der Waals surface area contributed by atoms with E-state index in [-0.39, 0.29) is 17.8 Å². The number of hydrogen-bond donors (Lipinski definition) is 6. The van der Waals surface area contributed by atoms with Crippen LogP contribution in [0.2, 0.25) is 0 Å². The highest BCUT2D eigenvalue weighted by Gasteiger charge is 2.44. The molecule has 1 fully saturated rings. The minimum atomic E-state index is -5.53. The zero-order valence-corrected chi connectivity index (χ0v) is 17.3. The number of aliphatic hydroxyl groups excluding tert-OH is 1. The first-order valence-electron chi connectivity index (χ1n) is 7.81. The Bertz CT molecular complexity index is 1040. The molecule has 0 aliphatic carbocycles. The maximum Gasteiger partial charge on any atom is 0.492 e. The second kappa shape index (κ2) is 8.31. The maximum atomic E-state index is 12.2. The summed E-state index contributed by atoms with van der Waals surface area (Å²) in [6, 6.07) is 0. The fourth-order valence-corrected chi connectivity index (χ4v) is 5.78. The molecule has 168 valence electrons. The lowest BCUT2D eigenvalue weighted by Crippen LogP contribution is -2.26. The third-order valence-corrected chi connectivity index (χ3v) is 7.48. The Kier molecular flexibility index (Phi) is 6.47. The molecule has 1 aliphatic rings. The van der Waals surface area contributed by atoms with Gasteiger partial charge in [-0.1, -0.05) is 0 Å². The van der Waals surface area contributed by atoms with Gasteiger partial charge in [0.15, 0.2) is 11.5 Å². The third-order valence-electron chi connectivity index (χ3n) is 3.71. The fourth-order valence-electron chi connectivity index (χ4n) is 2.60. The molecular weight excluding hydrogens is 475 g/mol. The molecule has 3 rings (SSSR count). The largest absolute Gasteiger partial charge is 0.492 e. The van der Waals surface area contributed by atoms with Crippen LogP contribution in [0.5, 0.6) is 0 Å². The van der Waals surface area contributed by atoms with Gasteiger partial charge in [0.25, 0.3) is 0 Å². The van der Waals surface area contributed by atoms with Crippen LogP contribution in [0.15, 0.2) is 12.7 Å². The first kappa shape index (κ1) is 23.3. The number of anilines is 1. The van der Waals surface area contributed by atoms with E-state index in [9.17, 15) is 18.8 Å². The van der Waals surface area contributed by atoms with Gasteiger partial charge in [-0.3, -0.25) is 9.09 Å². The Labute approximate surface area is 166 Å². The van der Waals surface area contributed by atoms with Gasteiger partial charge in [0.2, 0.25) is 0 Å². The fraction of sp³-hybridized carbons (Fsp3) is 0.500. The maximum absolute atomic E-state index is 12.2. The number of fused-ring (bicyclic) bond motifs is 1. The van der Waals surface area contributed by atoms with E-state index in [1.54, 1.807) is 0 Å². The number of aliphatic hydroxyl groups is 1. The summed E-state index contributed by atoms with van der Waals surface area (Å²) < 4.78 is 53.1. The number of phosphoric acid groups is 3. The van der Waals surface area contributed by atoms with Crippen LogP contribution >= 0.6 is 23.5 Å². The summed E-state index contributed by atoms with van der Waals surface area (Å²) in [6.45, 7) is -0.862. The predicted molar refractivity (Wildman–Crippen MR) is 94.1 cm³/mol. The monoisotopic (exact) mass is 491 g/mol. The Morgan fingerprint density at radius 3 is 2.37 bits per heavy atom. The van der Waals surface area contributed by atoms with Crippen molar-refractivity contribution in [3.63, 3.8) is 0 Å². The molecule has 0 radical (unpaired) electrons. The van der Waals surface area contributed by atoms with Crippen LogP contribution in [0.1, 0.15) is 12.6 Å². The Morgan fingerprint density at radius 2 is 1.77 bits per heavy atom. The number of nitrogens with zero attached hydrogens (tertiary/aromatic N) is 4. The smallest absolute Gasteiger partial charge is 0.390 e. The van der Waals surface area contributed by atoms with Crippen LogP contribution < -0.4 is 5.73 Å². The summed E-state index contributed by atoms with van der Waals surface area (Å²) in [7, 11) is -16.5. The summed E-state index contributed by atoms with van der Waals surface area (Å²) in [4.78, 5) is 46.9. The van der Waals surface area contributed by atoms with Crippen molar-refractivity contribution < 1.29 is 56.3 Å². The minimum absolute atomic E-state index is 0.0353. The number of rotatable bonds is 8. The van der Waals surface area contributed by atoms with Crippen LogP contribution in [0.3, 0.4) is 0 Å². The Balaban J connectivity index is 1.73. The van der Waals surface area contributed by atoms with Crippen molar-refractivity contribution in [2.75, 3.05) is 12.3 Å². The lowest BCUT2D eigenvalue weighted by atomic mass is 10.2. The number of ether oxygens (including phenoxy) is 1. The van der Waals surface area contributed by atoms with Gasteiger partial charge in [0.1, 0.15) is 24.2 Å². The van der Waals surface area contributed by atoms with E-state index in [1.165, 1.54) is 17.2 Å². The van der Waals surface area contributed by atoms with E-state index in [4.69, 9.17) is 30.0 Å². The molecule has 20 heteroatoms. The van der Waals surface area contributed by atoms with Crippen molar-refractivity contribution >= 4 is 40.4 Å². The van der Waals surface area contributed by atoms with E-state index < -0.39 is 48.5 Å². The third kappa shape index (κ3) is 5.68. The van der Waals surface area contributed by atoms with Crippen LogP contribution in [0.4, 0.5) is 5.82 Å². The zero-order chi connectivity index (χ0) is 22.3. The van der Waals surface area contributed by atoms with Crippen LogP contribution in [-0.4, -0.2) is 63.0 Å². The standard InChI is InChI=1S/C10H16N5O12P3/c11-9-8-10(13-3-12-9)15(4-14-8)7-1-5(16)6(25-7)2-24-30(23,26-28(17,18)19)27-29(20,21)22/h3-7,16H,1-2H2,(H2,11,12,13)(H2,17,18,19)(H2,20,21,22)/t5-,6+,7+/m0/s1. The predicted octanol–water partition coefficient (Wildman–Crippen LogP) is -0.600. The average molecular weight is 491 g/mol. The molecule has 2 aromatic rings. The lowest BCUT2D eigenvalue weighted by molar-refractivity contribution is -0.0422. The summed E-state index contributed by atoms with van der Waals surface area (Å²) >= 11 is 0. The highest BCUT2D eigenvalue weighted by molar-refractivity contribution is 7.66. The van der Waals surface area contributed by atoms with Crippen molar-refractivity contribution in [3.05, 3.63) is 12.7 Å². The molecule has 0 bridgehead atoms. The second-order valence-electron chi connectivity index (χ2n) is 5.90. The van der Waals surface area contributed by atoms with Gasteiger partial charge < -0.3 is 35.2 Å². The highest BCUT2D eigenvalue weighted by atomic mass is 31.3. The molecule has 0 aromatic carbocycles. The zero-order valence-electron chi connectivity index (χ0n) is 14.6. The van der Waals surface area contributed by atoms with E-state index in [0.717, 1.165) is 0 Å². The first-order valence-corrected chi connectivity index (χ1v) is 12.3. The van der Waals surface area contributed by atoms with Crippen molar-refractivity contribution in [1.82, 2.24) is 19.5 Å². The van der Waals surface area contributed by atoms with E-state index in [2.05, 4.69) is 28.1 Å². The lowest BCUT2D eigenvalue weighted by Gasteiger charge is -2.21. The number of hydrogen-bond acceptors (Lipinski definition) is 12. The summed E-state index contributed by atoms with van der Waals surface area (Å²) in [6.07, 6.45) is -0.859. The Hall–Kier alpha value is -1.32. The molecule has 0 saturated carbocycles. The van der Waals surface area contributed by atoms with Crippen molar-refractivity contribution in [2.24, 2.45) is 0 Å². The van der Waals surface area contributed by atoms with Crippen LogP contribution in [-0.2, 0) is 31.6 Å². The van der Waals surface area contributed by atoms with Gasteiger partial charge in [-0.15, -0.1) is 0 Å². The minimum Gasteiger partial charge on any atom is -0.390 e. The molecule has 2 aromatic heterocycles. The first-order chi connectivity index (χ1) is 13.8. The molecule has 3 atom stereocenters. The molecule has 0 amide bonds. The highest BCUT2D eigenvalue weighted by Crippen LogP contribution is 2.67. The molecule has 1 saturated heterocycles. The molecule has 3 heterocycles. The number of nitrogens with two attached hydrogens (primary N) is 1. The summed E-state index contributed by atoms with van der Waals surface area (Å²) in [5.41, 5.74) is 6.27. The topological polar surface area (TPSA) is 259 Å². The number of imidazole rings is 1. The Morgan fingerprint density at radius 1 is 1.13 bits per heavy atom. The van der Waals surface area contributed by atoms with Gasteiger partial charge in [-0.25, -0.2) is 28.6 Å². The molecule has 17 nitrogen and oxygen atoms in total. The second-order valence-corrected chi connectivity index (χ2v) is 10.3. The van der Waals surface area contributed by atoms with Gasteiger partial charge in [-0.05, 0) is 0 Å². The quantitative estimate of drug-likeness (QED) is 0.252. The van der Waals surface area contributed by atoms with Crippen molar-refractivity contribution in [3.8, 4) is 0 Å². The number of nitrogen functional groups attached to an aromatic ring is 1. The van der Waals surface area contributed by atoms with E-state index >= 15 is 0 Å². The van der Waals surface area contributed by atoms with Gasteiger partial charge in [0.05, 0.1) is 19.0 Å². The van der Waals surface area contributed by atoms with Crippen molar-refractivity contribution in [1.29, 1.82) is 0 Å². The molecule has 30 heavy (non-hydrogen) atoms. The normalized spacial score (nSPS) is 23.3.